The van der Waals surface area contributed by atoms with Crippen LogP contribution in [0.1, 0.15) is 101 Å². The van der Waals surface area contributed by atoms with Gasteiger partial charge in [-0.05, 0) is 181 Å². The molecule has 0 saturated carbocycles. The van der Waals surface area contributed by atoms with Crippen molar-refractivity contribution in [1.82, 2.24) is 9.13 Å². The maximum Gasteiger partial charge on any atom is 0.252 e. The molecule has 19 aromatic rings. The average molecular weight is 1450 g/mol. The molecule has 0 aliphatic carbocycles. The molecule has 0 spiro atoms. The predicted octanol–water partition coefficient (Wildman–Crippen LogP) is 27.3. The number of hydrogen-bond acceptors (Lipinski definition) is 4. The number of fused-ring (bicyclic) bond motifs is 18. The van der Waals surface area contributed by atoms with Gasteiger partial charge in [0.1, 0.15) is 0 Å². The molecule has 0 atom stereocenters. The highest BCUT2D eigenvalue weighted by molar-refractivity contribution is 7.26. The molecule has 109 heavy (non-hydrogen) atoms. The minimum Gasteiger partial charge on any atom is -0.310 e. The Morgan fingerprint density at radius 2 is 0.642 bits per heavy atom. The Morgan fingerprint density at radius 3 is 1.01 bits per heavy atom. The molecule has 0 amide bonds. The maximum atomic E-state index is 12.0. The van der Waals surface area contributed by atoms with E-state index in [0.717, 1.165) is 59.1 Å². The average Bonchev–Trinajstić information content (AvgIpc) is 1.43. The van der Waals surface area contributed by atoms with Gasteiger partial charge in [0.2, 0.25) is 0 Å². The molecule has 0 N–H and O–H groups in total. The van der Waals surface area contributed by atoms with E-state index in [4.69, 9.17) is 0 Å². The number of aromatic nitrogens is 2. The van der Waals surface area contributed by atoms with Crippen LogP contribution in [0.2, 0.25) is 0 Å². The summed E-state index contributed by atoms with van der Waals surface area (Å²) in [6, 6.07) is 64.6. The lowest BCUT2D eigenvalue weighted by Gasteiger charge is -2.47. The van der Waals surface area contributed by atoms with Gasteiger partial charge < -0.3 is 18.9 Å². The van der Waals surface area contributed by atoms with Gasteiger partial charge in [-0.3, -0.25) is 0 Å². The highest BCUT2D eigenvalue weighted by atomic mass is 32.1. The largest absolute Gasteiger partial charge is 0.310 e. The van der Waals surface area contributed by atoms with Crippen molar-refractivity contribution in [2.45, 2.75) is 78.6 Å². The van der Waals surface area contributed by atoms with E-state index in [1.54, 1.807) is 12.1 Å². The van der Waals surface area contributed by atoms with Crippen LogP contribution in [0.15, 0.2) is 315 Å². The van der Waals surface area contributed by atoms with Crippen molar-refractivity contribution in [1.29, 1.82) is 0 Å². The van der Waals surface area contributed by atoms with Gasteiger partial charge >= 0.3 is 0 Å². The van der Waals surface area contributed by atoms with Crippen molar-refractivity contribution in [3.8, 4) is 55.9 Å². The number of para-hydroxylation sites is 2. The fourth-order valence-electron chi connectivity index (χ4n) is 16.9. The van der Waals surface area contributed by atoms with E-state index in [2.05, 4.69) is 109 Å². The van der Waals surface area contributed by atoms with Gasteiger partial charge in [-0.15, -0.1) is 22.7 Å². The van der Waals surface area contributed by atoms with Gasteiger partial charge in [0, 0.05) is 118 Å². The SMILES string of the molecule is [2H]c1c([2H])c(-n2c3c([2H])c([2H])c([2H])c([2H])c3c3c4c(cc([2H])c32)sc2ccccc24)c([2H])c2c1B1c3c(cc(C(C)(C)C)cc3N(c3c(-c4ccccc4)cc(C(C)(C)C)cc3-c3ccccc3)c3c([2H])c(-n4c5c([2H])c([2H])c([2H])c([2H])c5c5c6c(cc([2H])c54)sc4ccccc46)c([2H])c([2H])c31)N2c1c(-c2ccccc2)cc(C(C)(C)C)cc1-c1ccccc1. The summed E-state index contributed by atoms with van der Waals surface area (Å²) in [5.74, 6) is 0. The number of nitrogens with zero attached hydrogens (tertiary/aromatic N) is 4. The smallest absolute Gasteiger partial charge is 0.252 e. The number of thiophene rings is 2. The summed E-state index contributed by atoms with van der Waals surface area (Å²) in [7, 11) is 0. The van der Waals surface area contributed by atoms with Crippen molar-refractivity contribution in [3.05, 3.63) is 332 Å². The molecule has 15 aromatic carbocycles. The molecule has 2 aliphatic heterocycles. The molecule has 0 radical (unpaired) electrons. The Hall–Kier alpha value is -12.0. The first-order chi connectivity index (χ1) is 59.7. The molecule has 0 saturated heterocycles. The van der Waals surface area contributed by atoms with E-state index in [1.807, 2.05) is 170 Å². The van der Waals surface area contributed by atoms with Crippen LogP contribution in [-0.2, 0) is 16.2 Å². The summed E-state index contributed by atoms with van der Waals surface area (Å²) in [4.78, 5) is 4.10. The first-order valence-electron chi connectivity index (χ1n) is 45.0. The van der Waals surface area contributed by atoms with Crippen LogP contribution in [0, 0.1) is 0 Å². The Labute approximate surface area is 667 Å². The summed E-state index contributed by atoms with van der Waals surface area (Å²) in [5.41, 5.74) is 8.59. The van der Waals surface area contributed by atoms with E-state index in [9.17, 15) is 21.9 Å². The fourth-order valence-corrected chi connectivity index (χ4v) is 19.1. The lowest BCUT2D eigenvalue weighted by atomic mass is 9.33. The van der Waals surface area contributed by atoms with Crippen molar-refractivity contribution < 1.29 is 21.9 Å². The van der Waals surface area contributed by atoms with Gasteiger partial charge in [0.15, 0.2) is 0 Å². The van der Waals surface area contributed by atoms with Crippen LogP contribution in [0.25, 0.3) is 140 Å². The quantitative estimate of drug-likeness (QED) is 0.141. The van der Waals surface area contributed by atoms with Crippen molar-refractivity contribution in [2.75, 3.05) is 9.80 Å². The standard InChI is InChI=1S/C102H79BN4S2/c1-100(2,3)66-54-75(62-30-14-10-15-31-62)98(76(55-66)63-32-16-11-17-33-63)106-85-60-69(104-81-42-26-22-38-71(81)93-83(104)50-52-91-95(93)73-40-24-28-44-89(73)108-91)46-48-79(85)103-80-49-47-70(105-82-43-27-23-39-72(82)94-84(105)51-53-92-96(94)74-41-25-29-45-90(74)109-92)61-86(80)107(88-59-68(102(7,8)9)58-87(106)97(88)103)99-77(64-34-18-12-19-35-64)56-67(101(4,5)6)57-78(99)65-36-20-13-21-37-65/h10-61H,1-9H3/i22D,23D,26D,27D,38D,39D,42D,43D,46D,47D,48D,49D,50D,51D,60D,61D. The van der Waals surface area contributed by atoms with Crippen LogP contribution in [-0.4, -0.2) is 15.8 Å². The van der Waals surface area contributed by atoms with Crippen LogP contribution >= 0.6 is 22.7 Å². The molecule has 21 rings (SSSR count). The second kappa shape index (κ2) is 24.3. The highest BCUT2D eigenvalue weighted by Crippen LogP contribution is 2.57. The summed E-state index contributed by atoms with van der Waals surface area (Å²) in [6.45, 7) is 17.8. The zero-order chi connectivity index (χ0) is 87.4. The summed E-state index contributed by atoms with van der Waals surface area (Å²) in [6.07, 6.45) is 0. The van der Waals surface area contributed by atoms with Gasteiger partial charge in [-0.2, -0.15) is 0 Å². The topological polar surface area (TPSA) is 16.3 Å². The van der Waals surface area contributed by atoms with Crippen LogP contribution < -0.4 is 26.2 Å². The molecule has 4 nitrogen and oxygen atoms in total. The summed E-state index contributed by atoms with van der Waals surface area (Å²) in [5, 5.41) is 3.46. The van der Waals surface area contributed by atoms with Gasteiger partial charge in [-0.1, -0.05) is 268 Å². The number of anilines is 6. The Balaban J connectivity index is 1.02. The van der Waals surface area contributed by atoms with Gasteiger partial charge in [0.05, 0.1) is 55.4 Å². The molecule has 522 valence electrons. The number of benzene rings is 15. The molecule has 2 aliphatic rings. The van der Waals surface area contributed by atoms with Crippen LogP contribution in [0.4, 0.5) is 34.1 Å². The molecule has 4 aromatic heterocycles. The van der Waals surface area contributed by atoms with Crippen molar-refractivity contribution in [3.63, 3.8) is 0 Å². The van der Waals surface area contributed by atoms with Gasteiger partial charge in [0.25, 0.3) is 6.71 Å². The van der Waals surface area contributed by atoms with Crippen molar-refractivity contribution >= 4 is 164 Å². The van der Waals surface area contributed by atoms with Crippen molar-refractivity contribution in [2.24, 2.45) is 0 Å². The number of rotatable bonds is 8. The molecular formula is C102H79BN4S2. The minimum atomic E-state index is -1.49. The Morgan fingerprint density at radius 1 is 0.303 bits per heavy atom. The van der Waals surface area contributed by atoms with Crippen LogP contribution in [0.3, 0.4) is 0 Å². The lowest BCUT2D eigenvalue weighted by Crippen LogP contribution is -2.61. The van der Waals surface area contributed by atoms with E-state index in [-0.39, 0.29) is 78.6 Å². The second-order valence-electron chi connectivity index (χ2n) is 31.9. The minimum absolute atomic E-state index is 0.0145. The fraction of sp³-hybridized carbons (Fsp3) is 0.118. The van der Waals surface area contributed by atoms with Gasteiger partial charge in [-0.25, -0.2) is 0 Å². The molecule has 0 fully saturated rings. The normalized spacial score (nSPS) is 15.2. The molecule has 0 bridgehead atoms. The first kappa shape index (κ1) is 50.5. The molecule has 7 heteroatoms. The summed E-state index contributed by atoms with van der Waals surface area (Å²) >= 11 is 2.88. The monoisotopic (exact) mass is 1450 g/mol. The molecule has 6 heterocycles. The molecular weight excluding hydrogens is 1360 g/mol. The third-order valence-corrected chi connectivity index (χ3v) is 24.5. The number of hydrogen-bond donors (Lipinski definition) is 0. The third kappa shape index (κ3) is 10.1. The molecule has 0 unspecified atom stereocenters. The highest BCUT2D eigenvalue weighted by Gasteiger charge is 2.47. The van der Waals surface area contributed by atoms with Crippen LogP contribution in [0.5, 0.6) is 0 Å². The summed E-state index contributed by atoms with van der Waals surface area (Å²) < 4.78 is 175. The predicted molar refractivity (Wildman–Crippen MR) is 473 cm³/mol. The zero-order valence-corrected chi connectivity index (χ0v) is 63.1. The lowest BCUT2D eigenvalue weighted by molar-refractivity contribution is 0.590. The maximum absolute atomic E-state index is 12.0. The van der Waals surface area contributed by atoms with E-state index in [0.29, 0.717) is 81.4 Å². The Kier molecular flexibility index (Phi) is 11.2. The van der Waals surface area contributed by atoms with E-state index in [1.165, 1.54) is 31.8 Å². The third-order valence-electron chi connectivity index (χ3n) is 22.2. The Bertz CT molecular complexity index is 7420. The van der Waals surface area contributed by atoms with E-state index >= 15 is 0 Å². The van der Waals surface area contributed by atoms with E-state index < -0.39 is 108 Å². The zero-order valence-electron chi connectivity index (χ0n) is 77.5. The second-order valence-corrected chi connectivity index (χ2v) is 34.0. The first-order valence-corrected chi connectivity index (χ1v) is 38.7.